The van der Waals surface area contributed by atoms with E-state index in [1.807, 2.05) is 18.2 Å². The predicted molar refractivity (Wildman–Crippen MR) is 84.7 cm³/mol. The Morgan fingerprint density at radius 3 is 2.68 bits per heavy atom. The van der Waals surface area contributed by atoms with Gasteiger partial charge in [0.2, 0.25) is 10.0 Å². The summed E-state index contributed by atoms with van der Waals surface area (Å²) in [6.07, 6.45) is 1.85. The van der Waals surface area contributed by atoms with E-state index in [0.29, 0.717) is 24.3 Å². The van der Waals surface area contributed by atoms with Gasteiger partial charge < -0.3 is 9.47 Å². The van der Waals surface area contributed by atoms with Gasteiger partial charge in [0.25, 0.3) is 0 Å². The van der Waals surface area contributed by atoms with Crippen LogP contribution in [0.2, 0.25) is 0 Å². The van der Waals surface area contributed by atoms with Gasteiger partial charge in [-0.15, -0.1) is 0 Å². The van der Waals surface area contributed by atoms with Crippen molar-refractivity contribution in [2.45, 2.75) is 23.8 Å². The van der Waals surface area contributed by atoms with Gasteiger partial charge in [0.05, 0.1) is 18.1 Å². The van der Waals surface area contributed by atoms with Crippen molar-refractivity contribution in [3.8, 4) is 5.75 Å². The average Bonchev–Trinajstić information content (AvgIpc) is 3.05. The van der Waals surface area contributed by atoms with Gasteiger partial charge >= 0.3 is 0 Å². The largest absolute Gasteiger partial charge is 0.496 e. The van der Waals surface area contributed by atoms with Crippen LogP contribution < -0.4 is 9.46 Å². The molecule has 118 valence electrons. The third-order valence-corrected chi connectivity index (χ3v) is 5.36. The van der Waals surface area contributed by atoms with E-state index in [4.69, 9.17) is 9.47 Å². The third kappa shape index (κ3) is 2.95. The number of sulfonamides is 1. The highest BCUT2D eigenvalue weighted by Crippen LogP contribution is 2.30. The molecule has 0 saturated carbocycles. The lowest BCUT2D eigenvalue weighted by atomic mass is 10.1. The van der Waals surface area contributed by atoms with Crippen LogP contribution in [0.15, 0.2) is 41.3 Å². The molecule has 1 atom stereocenters. The minimum atomic E-state index is -3.58. The first-order valence-electron chi connectivity index (χ1n) is 7.29. The maximum absolute atomic E-state index is 12.6. The molecule has 6 heteroatoms. The van der Waals surface area contributed by atoms with E-state index in [0.717, 1.165) is 18.2 Å². The van der Waals surface area contributed by atoms with E-state index in [-0.39, 0.29) is 11.0 Å². The molecule has 0 radical (unpaired) electrons. The van der Waals surface area contributed by atoms with E-state index in [1.54, 1.807) is 25.3 Å². The van der Waals surface area contributed by atoms with Crippen LogP contribution in [0.3, 0.4) is 0 Å². The number of ether oxygens (including phenoxy) is 2. The molecule has 1 fully saturated rings. The fourth-order valence-electron chi connectivity index (χ4n) is 2.74. The lowest BCUT2D eigenvalue weighted by Gasteiger charge is -2.14. The third-order valence-electron chi connectivity index (χ3n) is 3.88. The molecular weight excluding hydrogens is 302 g/mol. The number of rotatable bonds is 5. The van der Waals surface area contributed by atoms with Crippen LogP contribution in [-0.4, -0.2) is 34.8 Å². The standard InChI is InChI=1S/C16H19NO4S/c1-20-15-8-9-16(14-7-3-2-6-13(14)15)22(18,19)17-11-12-5-4-10-21-12/h2-3,6-9,12,17H,4-5,10-11H2,1H3/t12-/m0/s1. The lowest BCUT2D eigenvalue weighted by Crippen LogP contribution is -2.31. The van der Waals surface area contributed by atoms with E-state index < -0.39 is 10.0 Å². The molecule has 2 aromatic carbocycles. The van der Waals surface area contributed by atoms with Crippen LogP contribution in [-0.2, 0) is 14.8 Å². The van der Waals surface area contributed by atoms with E-state index >= 15 is 0 Å². The molecule has 5 nitrogen and oxygen atoms in total. The molecule has 0 spiro atoms. The maximum atomic E-state index is 12.6. The predicted octanol–water partition coefficient (Wildman–Crippen LogP) is 2.31. The fourth-order valence-corrected chi connectivity index (χ4v) is 4.02. The van der Waals surface area contributed by atoms with Gasteiger partial charge in [-0.1, -0.05) is 24.3 Å². The molecule has 1 aliphatic rings. The number of benzene rings is 2. The van der Waals surface area contributed by atoms with Gasteiger partial charge in [0.1, 0.15) is 5.75 Å². The summed E-state index contributed by atoms with van der Waals surface area (Å²) in [6.45, 7) is 1.01. The monoisotopic (exact) mass is 321 g/mol. The SMILES string of the molecule is COc1ccc(S(=O)(=O)NC[C@@H]2CCCO2)c2ccccc12. The molecule has 0 unspecified atom stereocenters. The summed E-state index contributed by atoms with van der Waals surface area (Å²) in [6, 6.07) is 10.6. The number of methoxy groups -OCH3 is 1. The highest BCUT2D eigenvalue weighted by molar-refractivity contribution is 7.89. The Hall–Kier alpha value is -1.63. The van der Waals surface area contributed by atoms with Crippen molar-refractivity contribution in [2.75, 3.05) is 20.3 Å². The first kappa shape index (κ1) is 15.3. The zero-order valence-electron chi connectivity index (χ0n) is 12.4. The van der Waals surface area contributed by atoms with Gasteiger partial charge in [-0.3, -0.25) is 0 Å². The van der Waals surface area contributed by atoms with Crippen molar-refractivity contribution in [2.24, 2.45) is 0 Å². The number of fused-ring (bicyclic) bond motifs is 1. The molecule has 0 aliphatic carbocycles. The summed E-state index contributed by atoms with van der Waals surface area (Å²) >= 11 is 0. The average molecular weight is 321 g/mol. The van der Waals surface area contributed by atoms with Crippen molar-refractivity contribution in [3.63, 3.8) is 0 Å². The number of hydrogen-bond acceptors (Lipinski definition) is 4. The Kier molecular flexibility index (Phi) is 4.33. The Morgan fingerprint density at radius 2 is 2.00 bits per heavy atom. The van der Waals surface area contributed by atoms with Crippen LogP contribution >= 0.6 is 0 Å². The Bertz CT molecular complexity index is 767. The molecule has 1 N–H and O–H groups in total. The molecule has 0 bridgehead atoms. The normalized spacial score (nSPS) is 18.7. The summed E-state index contributed by atoms with van der Waals surface area (Å²) in [5, 5.41) is 1.44. The smallest absolute Gasteiger partial charge is 0.241 e. The topological polar surface area (TPSA) is 64.6 Å². The van der Waals surface area contributed by atoms with Crippen molar-refractivity contribution < 1.29 is 17.9 Å². The van der Waals surface area contributed by atoms with Crippen LogP contribution in [0, 0.1) is 0 Å². The van der Waals surface area contributed by atoms with E-state index in [1.165, 1.54) is 0 Å². The second-order valence-corrected chi connectivity index (χ2v) is 7.03. The molecule has 1 saturated heterocycles. The Morgan fingerprint density at radius 1 is 1.23 bits per heavy atom. The highest BCUT2D eigenvalue weighted by atomic mass is 32.2. The van der Waals surface area contributed by atoms with Crippen LogP contribution in [0.4, 0.5) is 0 Å². The van der Waals surface area contributed by atoms with Gasteiger partial charge in [0, 0.05) is 23.9 Å². The maximum Gasteiger partial charge on any atom is 0.241 e. The fraction of sp³-hybridized carbons (Fsp3) is 0.375. The Balaban J connectivity index is 1.94. The molecule has 1 heterocycles. The first-order chi connectivity index (χ1) is 10.6. The minimum absolute atomic E-state index is 0.0284. The van der Waals surface area contributed by atoms with Gasteiger partial charge in [-0.05, 0) is 25.0 Å². The van der Waals surface area contributed by atoms with Crippen molar-refractivity contribution >= 4 is 20.8 Å². The lowest BCUT2D eigenvalue weighted by molar-refractivity contribution is 0.114. The summed E-state index contributed by atoms with van der Waals surface area (Å²) in [4.78, 5) is 0.266. The van der Waals surface area contributed by atoms with Crippen LogP contribution in [0.25, 0.3) is 10.8 Å². The van der Waals surface area contributed by atoms with Gasteiger partial charge in [0.15, 0.2) is 0 Å². The van der Waals surface area contributed by atoms with E-state index in [9.17, 15) is 8.42 Å². The zero-order chi connectivity index (χ0) is 15.6. The molecule has 22 heavy (non-hydrogen) atoms. The summed E-state index contributed by atoms with van der Waals surface area (Å²) < 4.78 is 38.6. The second kappa shape index (κ2) is 6.24. The quantitative estimate of drug-likeness (QED) is 0.918. The van der Waals surface area contributed by atoms with Crippen molar-refractivity contribution in [1.82, 2.24) is 4.72 Å². The molecular formula is C16H19NO4S. The molecule has 1 aliphatic heterocycles. The van der Waals surface area contributed by atoms with Gasteiger partial charge in [-0.2, -0.15) is 0 Å². The second-order valence-electron chi connectivity index (χ2n) is 5.30. The van der Waals surface area contributed by atoms with Crippen LogP contribution in [0.5, 0.6) is 5.75 Å². The highest BCUT2D eigenvalue weighted by Gasteiger charge is 2.22. The molecule has 2 aromatic rings. The Labute approximate surface area is 130 Å². The summed E-state index contributed by atoms with van der Waals surface area (Å²) in [7, 11) is -2.01. The van der Waals surface area contributed by atoms with Crippen LogP contribution in [0.1, 0.15) is 12.8 Å². The van der Waals surface area contributed by atoms with E-state index in [2.05, 4.69) is 4.72 Å². The number of nitrogens with one attached hydrogen (secondary N) is 1. The van der Waals surface area contributed by atoms with Crippen molar-refractivity contribution in [1.29, 1.82) is 0 Å². The molecule has 3 rings (SSSR count). The van der Waals surface area contributed by atoms with Gasteiger partial charge in [-0.25, -0.2) is 13.1 Å². The molecule has 0 amide bonds. The first-order valence-corrected chi connectivity index (χ1v) is 8.77. The zero-order valence-corrected chi connectivity index (χ0v) is 13.2. The van der Waals surface area contributed by atoms with Crippen molar-refractivity contribution in [3.05, 3.63) is 36.4 Å². The summed E-state index contributed by atoms with van der Waals surface area (Å²) in [5.41, 5.74) is 0. The summed E-state index contributed by atoms with van der Waals surface area (Å²) in [5.74, 6) is 0.661. The minimum Gasteiger partial charge on any atom is -0.496 e. The molecule has 0 aromatic heterocycles. The number of hydrogen-bond donors (Lipinski definition) is 1.